The van der Waals surface area contributed by atoms with Crippen molar-refractivity contribution < 1.29 is 22.8 Å². The van der Waals surface area contributed by atoms with Gasteiger partial charge in [0.15, 0.2) is 5.82 Å². The molecule has 1 aliphatic carbocycles. The number of hydrogen-bond acceptors (Lipinski definition) is 5. The summed E-state index contributed by atoms with van der Waals surface area (Å²) in [5.74, 6) is -0.341. The third-order valence-electron chi connectivity index (χ3n) is 5.69. The van der Waals surface area contributed by atoms with E-state index < -0.39 is 12.0 Å². The van der Waals surface area contributed by atoms with Crippen LogP contribution in [-0.4, -0.2) is 67.0 Å². The minimum Gasteiger partial charge on any atom is -0.340 e. The maximum absolute atomic E-state index is 12.9. The van der Waals surface area contributed by atoms with E-state index >= 15 is 0 Å². The van der Waals surface area contributed by atoms with Gasteiger partial charge in [-0.3, -0.25) is 9.59 Å². The van der Waals surface area contributed by atoms with Crippen LogP contribution in [0.1, 0.15) is 37.8 Å². The van der Waals surface area contributed by atoms with Gasteiger partial charge in [0.05, 0.1) is 12.3 Å². The Kier molecular flexibility index (Phi) is 4.83. The maximum Gasteiger partial charge on any atom is 0.451 e. The second-order valence-corrected chi connectivity index (χ2v) is 9.40. The van der Waals surface area contributed by atoms with E-state index in [2.05, 4.69) is 17.1 Å². The van der Waals surface area contributed by atoms with Crippen molar-refractivity contribution in [3.63, 3.8) is 0 Å². The van der Waals surface area contributed by atoms with Gasteiger partial charge in [-0.05, 0) is 18.3 Å². The summed E-state index contributed by atoms with van der Waals surface area (Å²) in [7, 11) is 0. The van der Waals surface area contributed by atoms with Crippen LogP contribution in [0.15, 0.2) is 0 Å². The Bertz CT molecular complexity index is 792. The smallest absolute Gasteiger partial charge is 0.340 e. The lowest BCUT2D eigenvalue weighted by atomic mass is 10.00. The molecule has 2 aliphatic heterocycles. The van der Waals surface area contributed by atoms with Gasteiger partial charge < -0.3 is 14.4 Å². The van der Waals surface area contributed by atoms with E-state index in [-0.39, 0.29) is 42.7 Å². The number of rotatable bonds is 4. The van der Waals surface area contributed by atoms with Gasteiger partial charge in [0, 0.05) is 37.8 Å². The lowest BCUT2D eigenvalue weighted by Gasteiger charge is -2.34. The molecule has 2 amide bonds. The molecule has 3 aliphatic rings. The second kappa shape index (κ2) is 6.93. The minimum absolute atomic E-state index is 0.0360. The summed E-state index contributed by atoms with van der Waals surface area (Å²) in [6.07, 6.45) is -2.44. The van der Waals surface area contributed by atoms with Gasteiger partial charge in [0.2, 0.25) is 17.6 Å². The molecule has 1 unspecified atom stereocenters. The van der Waals surface area contributed by atoms with Gasteiger partial charge >= 0.3 is 6.18 Å². The standard InChI is InChI=1S/C17H22F3N5O2S/c1-11-7-24(14(27)9-28-11)10-16(2-3-16)6-13(26)23-4-5-25-12(8-23)21-22-15(25)17(18,19)20/h11H,2-10H2,1H3. The topological polar surface area (TPSA) is 71.3 Å². The van der Waals surface area contributed by atoms with Crippen molar-refractivity contribution in [3.05, 3.63) is 11.6 Å². The fourth-order valence-corrected chi connectivity index (χ4v) is 4.80. The van der Waals surface area contributed by atoms with Crippen molar-refractivity contribution >= 4 is 23.6 Å². The van der Waals surface area contributed by atoms with E-state index in [0.717, 1.165) is 17.4 Å². The molecule has 0 radical (unpaired) electrons. The quantitative estimate of drug-likeness (QED) is 0.747. The van der Waals surface area contributed by atoms with Gasteiger partial charge in [-0.25, -0.2) is 0 Å². The first-order chi connectivity index (χ1) is 13.2. The highest BCUT2D eigenvalue weighted by Gasteiger charge is 2.48. The summed E-state index contributed by atoms with van der Waals surface area (Å²) in [6, 6.07) is 0. The number of aromatic nitrogens is 3. The van der Waals surface area contributed by atoms with Crippen LogP contribution in [0.4, 0.5) is 13.2 Å². The molecule has 1 saturated carbocycles. The molecule has 0 N–H and O–H groups in total. The molecule has 7 nitrogen and oxygen atoms in total. The summed E-state index contributed by atoms with van der Waals surface area (Å²) in [5.41, 5.74) is -0.184. The van der Waals surface area contributed by atoms with Crippen molar-refractivity contribution in [2.75, 3.05) is 25.4 Å². The monoisotopic (exact) mass is 417 g/mol. The fourth-order valence-electron chi connectivity index (χ4n) is 3.91. The highest BCUT2D eigenvalue weighted by atomic mass is 32.2. The molecule has 1 saturated heterocycles. The van der Waals surface area contributed by atoms with Crippen LogP contribution in [0.25, 0.3) is 0 Å². The van der Waals surface area contributed by atoms with E-state index in [4.69, 9.17) is 0 Å². The molecule has 1 atom stereocenters. The fraction of sp³-hybridized carbons (Fsp3) is 0.765. The molecule has 1 aromatic rings. The molecule has 3 heterocycles. The number of carbonyl (C=O) groups excluding carboxylic acids is 2. The van der Waals surface area contributed by atoms with Gasteiger partial charge in [0.1, 0.15) is 0 Å². The number of halogens is 3. The highest BCUT2D eigenvalue weighted by molar-refractivity contribution is 8.00. The first-order valence-corrected chi connectivity index (χ1v) is 10.4. The van der Waals surface area contributed by atoms with Crippen LogP contribution in [0, 0.1) is 5.41 Å². The van der Waals surface area contributed by atoms with Gasteiger partial charge in [0.25, 0.3) is 0 Å². The zero-order valence-electron chi connectivity index (χ0n) is 15.5. The Labute approximate surface area is 164 Å². The number of alkyl halides is 3. The van der Waals surface area contributed by atoms with Crippen molar-refractivity contribution in [1.29, 1.82) is 0 Å². The highest BCUT2D eigenvalue weighted by Crippen LogP contribution is 2.50. The molecule has 0 spiro atoms. The summed E-state index contributed by atoms with van der Waals surface area (Å²) < 4.78 is 39.9. The van der Waals surface area contributed by atoms with E-state index in [9.17, 15) is 22.8 Å². The van der Waals surface area contributed by atoms with E-state index in [0.29, 0.717) is 30.5 Å². The van der Waals surface area contributed by atoms with Crippen LogP contribution in [0.2, 0.25) is 0 Å². The predicted molar refractivity (Wildman–Crippen MR) is 95.2 cm³/mol. The normalized spacial score (nSPS) is 24.3. The molecule has 11 heteroatoms. The summed E-state index contributed by atoms with van der Waals surface area (Å²) in [5, 5.41) is 7.26. The number of carbonyl (C=O) groups is 2. The van der Waals surface area contributed by atoms with Crippen LogP contribution < -0.4 is 0 Å². The van der Waals surface area contributed by atoms with E-state index in [1.54, 1.807) is 16.7 Å². The zero-order chi connectivity index (χ0) is 20.1. The number of fused-ring (bicyclic) bond motifs is 1. The first kappa shape index (κ1) is 19.5. The molecular formula is C17H22F3N5O2S. The first-order valence-electron chi connectivity index (χ1n) is 9.33. The minimum atomic E-state index is -4.55. The Morgan fingerprint density at radius 1 is 1.29 bits per heavy atom. The van der Waals surface area contributed by atoms with E-state index in [1.165, 1.54) is 0 Å². The summed E-state index contributed by atoms with van der Waals surface area (Å²) in [4.78, 5) is 28.4. The molecule has 0 bridgehead atoms. The van der Waals surface area contributed by atoms with Crippen molar-refractivity contribution in [3.8, 4) is 0 Å². The summed E-state index contributed by atoms with van der Waals surface area (Å²) in [6.45, 7) is 3.66. The Balaban J connectivity index is 1.38. The molecular weight excluding hydrogens is 395 g/mol. The van der Waals surface area contributed by atoms with Crippen LogP contribution in [-0.2, 0) is 28.9 Å². The lowest BCUT2D eigenvalue weighted by molar-refractivity contribution is -0.148. The van der Waals surface area contributed by atoms with Crippen LogP contribution in [0.3, 0.4) is 0 Å². The molecule has 1 aromatic heterocycles. The van der Waals surface area contributed by atoms with E-state index in [1.807, 2.05) is 4.90 Å². The average Bonchev–Trinajstić information content (AvgIpc) is 3.22. The number of hydrogen-bond donors (Lipinski definition) is 0. The lowest BCUT2D eigenvalue weighted by Crippen LogP contribution is -2.46. The second-order valence-electron chi connectivity index (χ2n) is 7.98. The van der Waals surface area contributed by atoms with Crippen molar-refractivity contribution in [2.45, 2.75) is 50.7 Å². The average molecular weight is 417 g/mol. The van der Waals surface area contributed by atoms with Gasteiger partial charge in [-0.2, -0.15) is 13.2 Å². The molecule has 154 valence electrons. The molecule has 4 rings (SSSR count). The molecule has 0 aromatic carbocycles. The number of nitrogens with zero attached hydrogens (tertiary/aromatic N) is 5. The van der Waals surface area contributed by atoms with Gasteiger partial charge in [-0.1, -0.05) is 6.92 Å². The van der Waals surface area contributed by atoms with Crippen molar-refractivity contribution in [2.24, 2.45) is 5.41 Å². The largest absolute Gasteiger partial charge is 0.451 e. The van der Waals surface area contributed by atoms with Gasteiger partial charge in [-0.15, -0.1) is 22.0 Å². The third kappa shape index (κ3) is 3.85. The Morgan fingerprint density at radius 3 is 2.71 bits per heavy atom. The van der Waals surface area contributed by atoms with Crippen molar-refractivity contribution in [1.82, 2.24) is 24.6 Å². The number of amides is 2. The Morgan fingerprint density at radius 2 is 2.04 bits per heavy atom. The van der Waals surface area contributed by atoms with Crippen LogP contribution >= 0.6 is 11.8 Å². The zero-order valence-corrected chi connectivity index (χ0v) is 16.4. The SMILES string of the molecule is CC1CN(CC2(CC(=O)N3CCn4c(nnc4C(F)(F)F)C3)CC2)C(=O)CS1. The maximum atomic E-state index is 12.9. The predicted octanol–water partition coefficient (Wildman–Crippen LogP) is 1.77. The Hall–Kier alpha value is -1.78. The van der Waals surface area contributed by atoms with Crippen LogP contribution in [0.5, 0.6) is 0 Å². The summed E-state index contributed by atoms with van der Waals surface area (Å²) >= 11 is 1.65. The third-order valence-corrected chi connectivity index (χ3v) is 6.82. The molecule has 28 heavy (non-hydrogen) atoms. The molecule has 2 fully saturated rings. The number of thioether (sulfide) groups is 1.